The molecule has 77 valence electrons. The Morgan fingerprint density at radius 3 is 2.46 bits per heavy atom. The fourth-order valence-corrected chi connectivity index (χ4v) is 3.50. The number of rotatable bonds is 7. The van der Waals surface area contributed by atoms with Gasteiger partial charge in [-0.05, 0) is 12.1 Å². The Labute approximate surface area is 83.0 Å². The number of alkyl halides is 1. The van der Waals surface area contributed by atoms with E-state index in [1.807, 2.05) is 6.08 Å². The zero-order valence-electron chi connectivity index (χ0n) is 8.94. The number of hydrogen-bond acceptors (Lipinski definition) is 1. The van der Waals surface area contributed by atoms with Crippen molar-refractivity contribution in [2.75, 3.05) is 19.4 Å². The SMILES string of the molecule is C=CCNCC(C)[Si](CF)C(C)C. The first kappa shape index (κ1) is 12.8. The lowest BCUT2D eigenvalue weighted by molar-refractivity contribution is 0.569. The van der Waals surface area contributed by atoms with Gasteiger partial charge in [-0.2, -0.15) is 0 Å². The van der Waals surface area contributed by atoms with E-state index in [9.17, 15) is 4.39 Å². The fourth-order valence-electron chi connectivity index (χ4n) is 1.39. The van der Waals surface area contributed by atoms with E-state index in [0.29, 0.717) is 11.1 Å². The van der Waals surface area contributed by atoms with Crippen molar-refractivity contribution in [1.82, 2.24) is 5.32 Å². The number of halogens is 1. The van der Waals surface area contributed by atoms with Gasteiger partial charge in [-0.25, -0.2) is 0 Å². The van der Waals surface area contributed by atoms with Gasteiger partial charge in [-0.15, -0.1) is 6.58 Å². The summed E-state index contributed by atoms with van der Waals surface area (Å²) in [6, 6.07) is 0. The summed E-state index contributed by atoms with van der Waals surface area (Å²) in [5.41, 5.74) is 1.02. The minimum absolute atomic E-state index is 0.112. The maximum Gasteiger partial charge on any atom is 0.0945 e. The van der Waals surface area contributed by atoms with Crippen LogP contribution in [0.4, 0.5) is 4.39 Å². The number of hydrogen-bond donors (Lipinski definition) is 1. The summed E-state index contributed by atoms with van der Waals surface area (Å²) in [4.78, 5) is 0. The monoisotopic (exact) mass is 202 g/mol. The maximum absolute atomic E-state index is 12.7. The summed E-state index contributed by atoms with van der Waals surface area (Å²) >= 11 is 0. The third kappa shape index (κ3) is 5.21. The Hall–Kier alpha value is -0.153. The molecule has 0 bridgehead atoms. The second-order valence-corrected chi connectivity index (χ2v) is 7.27. The molecule has 0 aromatic heterocycles. The Balaban J connectivity index is 3.76. The summed E-state index contributed by atoms with van der Waals surface area (Å²) < 4.78 is 12.7. The van der Waals surface area contributed by atoms with Crippen LogP contribution >= 0.6 is 0 Å². The van der Waals surface area contributed by atoms with Crippen LogP contribution in [0.1, 0.15) is 20.8 Å². The molecule has 0 saturated heterocycles. The predicted molar refractivity (Wildman–Crippen MR) is 59.3 cm³/mol. The lowest BCUT2D eigenvalue weighted by Crippen LogP contribution is -2.32. The van der Waals surface area contributed by atoms with Gasteiger partial charge in [0.25, 0.3) is 0 Å². The molecule has 0 aromatic rings. The Morgan fingerprint density at radius 2 is 2.08 bits per heavy atom. The highest BCUT2D eigenvalue weighted by molar-refractivity contribution is 6.61. The van der Waals surface area contributed by atoms with Crippen LogP contribution < -0.4 is 5.32 Å². The van der Waals surface area contributed by atoms with Gasteiger partial charge in [-0.3, -0.25) is 4.39 Å². The summed E-state index contributed by atoms with van der Waals surface area (Å²) in [5.74, 6) is 0. The van der Waals surface area contributed by atoms with E-state index in [2.05, 4.69) is 32.7 Å². The third-order valence-electron chi connectivity index (χ3n) is 2.27. The standard InChI is InChI=1S/C10H21FNSi/c1-5-6-12-7-10(4)13(8-11)9(2)3/h5,9-10,12H,1,6-8H2,2-4H3. The van der Waals surface area contributed by atoms with Gasteiger partial charge < -0.3 is 5.32 Å². The quantitative estimate of drug-likeness (QED) is 0.380. The molecule has 13 heavy (non-hydrogen) atoms. The van der Waals surface area contributed by atoms with Crippen LogP contribution in [0.5, 0.6) is 0 Å². The summed E-state index contributed by atoms with van der Waals surface area (Å²) in [5, 5.41) is 3.25. The van der Waals surface area contributed by atoms with Crippen LogP contribution in [0.25, 0.3) is 0 Å². The molecule has 0 amide bonds. The fraction of sp³-hybridized carbons (Fsp3) is 0.800. The molecule has 0 aliphatic carbocycles. The Morgan fingerprint density at radius 1 is 1.46 bits per heavy atom. The lowest BCUT2D eigenvalue weighted by Gasteiger charge is -2.22. The van der Waals surface area contributed by atoms with Crippen LogP contribution in [0.3, 0.4) is 0 Å². The largest absolute Gasteiger partial charge is 0.313 e. The molecule has 0 heterocycles. The Bertz CT molecular complexity index is 139. The molecule has 0 fully saturated rings. The van der Waals surface area contributed by atoms with Gasteiger partial charge in [0.1, 0.15) is 0 Å². The summed E-state index contributed by atoms with van der Waals surface area (Å²) in [6.07, 6.45) is 1.73. The van der Waals surface area contributed by atoms with Crippen molar-refractivity contribution in [1.29, 1.82) is 0 Å². The van der Waals surface area contributed by atoms with Crippen molar-refractivity contribution in [3.63, 3.8) is 0 Å². The van der Waals surface area contributed by atoms with Crippen molar-refractivity contribution < 1.29 is 4.39 Å². The second kappa shape index (κ2) is 7.27. The average Bonchev–Trinajstić information content (AvgIpc) is 2.05. The van der Waals surface area contributed by atoms with Crippen molar-refractivity contribution >= 4 is 8.80 Å². The highest BCUT2D eigenvalue weighted by atomic mass is 28.3. The molecule has 0 aliphatic heterocycles. The molecule has 1 atom stereocenters. The molecule has 1 nitrogen and oxygen atoms in total. The van der Waals surface area contributed by atoms with E-state index >= 15 is 0 Å². The van der Waals surface area contributed by atoms with E-state index in [-0.39, 0.29) is 6.30 Å². The molecule has 1 radical (unpaired) electrons. The first-order valence-corrected chi connectivity index (χ1v) is 6.72. The van der Waals surface area contributed by atoms with Gasteiger partial charge in [-0.1, -0.05) is 32.4 Å². The molecule has 0 aromatic carbocycles. The van der Waals surface area contributed by atoms with E-state index in [1.165, 1.54) is 0 Å². The van der Waals surface area contributed by atoms with Crippen molar-refractivity contribution in [3.8, 4) is 0 Å². The van der Waals surface area contributed by atoms with Crippen molar-refractivity contribution in [3.05, 3.63) is 12.7 Å². The van der Waals surface area contributed by atoms with Crippen molar-refractivity contribution in [2.24, 2.45) is 0 Å². The van der Waals surface area contributed by atoms with Crippen LogP contribution in [0.2, 0.25) is 11.1 Å². The molecule has 0 spiro atoms. The molecule has 3 heteroatoms. The number of nitrogens with one attached hydrogen (secondary N) is 1. The molecular weight excluding hydrogens is 181 g/mol. The van der Waals surface area contributed by atoms with Gasteiger partial charge in [0.2, 0.25) is 0 Å². The topological polar surface area (TPSA) is 12.0 Å². The molecule has 0 aliphatic rings. The van der Waals surface area contributed by atoms with Crippen LogP contribution in [0, 0.1) is 0 Å². The smallest absolute Gasteiger partial charge is 0.0945 e. The zero-order valence-corrected chi connectivity index (χ0v) is 9.94. The second-order valence-electron chi connectivity index (χ2n) is 3.71. The van der Waals surface area contributed by atoms with Gasteiger partial charge in [0, 0.05) is 6.54 Å². The third-order valence-corrected chi connectivity index (χ3v) is 5.53. The summed E-state index contributed by atoms with van der Waals surface area (Å²) in [7, 11) is -0.823. The van der Waals surface area contributed by atoms with Crippen LogP contribution in [-0.2, 0) is 0 Å². The highest BCUT2D eigenvalue weighted by Crippen LogP contribution is 2.20. The first-order chi connectivity index (χ1) is 6.13. The molecule has 0 rings (SSSR count). The lowest BCUT2D eigenvalue weighted by atomic mass is 10.4. The highest BCUT2D eigenvalue weighted by Gasteiger charge is 2.22. The van der Waals surface area contributed by atoms with Gasteiger partial charge in [0.05, 0.1) is 15.1 Å². The molecule has 1 N–H and O–H groups in total. The van der Waals surface area contributed by atoms with E-state index in [1.54, 1.807) is 0 Å². The Kier molecular flexibility index (Phi) is 7.18. The minimum Gasteiger partial charge on any atom is -0.313 e. The van der Waals surface area contributed by atoms with E-state index in [0.717, 1.165) is 13.1 Å². The van der Waals surface area contributed by atoms with Crippen LogP contribution in [0.15, 0.2) is 12.7 Å². The van der Waals surface area contributed by atoms with Crippen molar-refractivity contribution in [2.45, 2.75) is 31.9 Å². The average molecular weight is 202 g/mol. The van der Waals surface area contributed by atoms with Crippen LogP contribution in [-0.4, -0.2) is 28.2 Å². The molecular formula is C10H21FNSi. The van der Waals surface area contributed by atoms with Gasteiger partial charge in [0.15, 0.2) is 0 Å². The normalized spacial score (nSPS) is 13.7. The van der Waals surface area contributed by atoms with E-state index in [4.69, 9.17) is 0 Å². The molecule has 1 unspecified atom stereocenters. The zero-order chi connectivity index (χ0) is 10.3. The van der Waals surface area contributed by atoms with Gasteiger partial charge >= 0.3 is 0 Å². The first-order valence-electron chi connectivity index (χ1n) is 4.86. The maximum atomic E-state index is 12.7. The molecule has 0 saturated carbocycles. The minimum atomic E-state index is -0.823. The van der Waals surface area contributed by atoms with E-state index < -0.39 is 8.80 Å². The predicted octanol–water partition coefficient (Wildman–Crippen LogP) is 2.57. The summed E-state index contributed by atoms with van der Waals surface area (Å²) in [6.45, 7) is 11.8.